The van der Waals surface area contributed by atoms with E-state index in [0.29, 0.717) is 6.42 Å². The third-order valence-electron chi connectivity index (χ3n) is 3.56. The summed E-state index contributed by atoms with van der Waals surface area (Å²) in [6.45, 7) is 3.06. The summed E-state index contributed by atoms with van der Waals surface area (Å²) in [6, 6.07) is -2.78. The van der Waals surface area contributed by atoms with Gasteiger partial charge in [0.15, 0.2) is 0 Å². The minimum absolute atomic E-state index is 0.0332. The Bertz CT molecular complexity index is 492. The molecular formula is C14H26N4O5S2. The number of hydrogen-bond acceptors (Lipinski definition) is 7. The van der Waals surface area contributed by atoms with Crippen LogP contribution in [0.4, 0.5) is 0 Å². The van der Waals surface area contributed by atoms with Crippen LogP contribution in [0.15, 0.2) is 0 Å². The molecule has 0 bridgehead atoms. The van der Waals surface area contributed by atoms with Crippen molar-refractivity contribution in [3.63, 3.8) is 0 Å². The predicted molar refractivity (Wildman–Crippen MR) is 99.6 cm³/mol. The predicted octanol–water partition coefficient (Wildman–Crippen LogP) is -1.61. The van der Waals surface area contributed by atoms with Crippen LogP contribution in [0.5, 0.6) is 0 Å². The topological polar surface area (TPSA) is 151 Å². The van der Waals surface area contributed by atoms with E-state index in [4.69, 9.17) is 10.8 Å². The minimum Gasteiger partial charge on any atom is -0.480 e. The van der Waals surface area contributed by atoms with Gasteiger partial charge in [0.1, 0.15) is 18.6 Å². The number of nitrogens with one attached hydrogen (secondary N) is 3. The Balaban J connectivity index is 5.01. The molecule has 3 amide bonds. The molecule has 0 aliphatic carbocycles. The zero-order valence-electron chi connectivity index (χ0n) is 14.2. The number of hydrogen-bond donors (Lipinski definition) is 7. The van der Waals surface area contributed by atoms with Crippen molar-refractivity contribution in [1.82, 2.24) is 16.0 Å². The van der Waals surface area contributed by atoms with Crippen LogP contribution in [0.2, 0.25) is 0 Å². The van der Waals surface area contributed by atoms with Crippen molar-refractivity contribution in [2.75, 3.05) is 18.1 Å². The summed E-state index contributed by atoms with van der Waals surface area (Å²) in [6.07, 6.45) is 0.602. The Kier molecular flexibility index (Phi) is 11.3. The summed E-state index contributed by atoms with van der Waals surface area (Å²) >= 11 is 7.94. The molecule has 9 nitrogen and oxygen atoms in total. The van der Waals surface area contributed by atoms with Crippen molar-refractivity contribution in [3.8, 4) is 0 Å². The smallest absolute Gasteiger partial charge is 0.322 e. The molecule has 0 aromatic carbocycles. The van der Waals surface area contributed by atoms with Crippen molar-refractivity contribution in [3.05, 3.63) is 0 Å². The molecule has 0 fully saturated rings. The first-order chi connectivity index (χ1) is 11.7. The third kappa shape index (κ3) is 8.45. The monoisotopic (exact) mass is 394 g/mol. The lowest BCUT2D eigenvalue weighted by Crippen LogP contribution is -2.58. The SMILES string of the molecule is CCC(C)C(NC(=O)C(N)CS)C(=O)NC(CS)C(=O)NCC(=O)O. The first kappa shape index (κ1) is 23.5. The molecule has 0 radical (unpaired) electrons. The summed E-state index contributed by atoms with van der Waals surface area (Å²) in [5, 5.41) is 15.8. The summed E-state index contributed by atoms with van der Waals surface area (Å²) in [5.41, 5.74) is 5.60. The van der Waals surface area contributed by atoms with E-state index in [2.05, 4.69) is 41.2 Å². The van der Waals surface area contributed by atoms with Crippen LogP contribution < -0.4 is 21.7 Å². The number of rotatable bonds is 11. The maximum Gasteiger partial charge on any atom is 0.322 e. The molecule has 0 aliphatic heterocycles. The Hall–Kier alpha value is -1.46. The molecule has 144 valence electrons. The van der Waals surface area contributed by atoms with Crippen LogP contribution in [0.1, 0.15) is 20.3 Å². The third-order valence-corrected chi connectivity index (χ3v) is 4.31. The molecule has 0 aromatic rings. The number of amides is 3. The van der Waals surface area contributed by atoms with Gasteiger partial charge in [-0.3, -0.25) is 19.2 Å². The van der Waals surface area contributed by atoms with Gasteiger partial charge in [0.05, 0.1) is 6.04 Å². The Morgan fingerprint density at radius 3 is 2.08 bits per heavy atom. The van der Waals surface area contributed by atoms with Gasteiger partial charge in [-0.05, 0) is 5.92 Å². The van der Waals surface area contributed by atoms with Crippen LogP contribution in [0.25, 0.3) is 0 Å². The summed E-state index contributed by atoms with van der Waals surface area (Å²) < 4.78 is 0. The van der Waals surface area contributed by atoms with E-state index in [1.54, 1.807) is 6.92 Å². The fourth-order valence-electron chi connectivity index (χ4n) is 1.79. The summed E-state index contributed by atoms with van der Waals surface area (Å²) in [5.74, 6) is -3.09. The number of carbonyl (C=O) groups is 4. The van der Waals surface area contributed by atoms with Crippen molar-refractivity contribution in [2.24, 2.45) is 11.7 Å². The van der Waals surface area contributed by atoms with Gasteiger partial charge >= 0.3 is 5.97 Å². The average Bonchev–Trinajstić information content (AvgIpc) is 2.59. The van der Waals surface area contributed by atoms with Crippen LogP contribution >= 0.6 is 25.3 Å². The maximum absolute atomic E-state index is 12.5. The van der Waals surface area contributed by atoms with Crippen molar-refractivity contribution < 1.29 is 24.3 Å². The van der Waals surface area contributed by atoms with Crippen LogP contribution in [0, 0.1) is 5.92 Å². The molecule has 0 heterocycles. The van der Waals surface area contributed by atoms with E-state index >= 15 is 0 Å². The molecule has 0 saturated heterocycles. The van der Waals surface area contributed by atoms with Gasteiger partial charge in [0, 0.05) is 11.5 Å². The molecule has 0 aliphatic rings. The highest BCUT2D eigenvalue weighted by molar-refractivity contribution is 7.80. The lowest BCUT2D eigenvalue weighted by Gasteiger charge is -2.26. The second-order valence-corrected chi connectivity index (χ2v) is 6.25. The first-order valence-corrected chi connectivity index (χ1v) is 9.01. The van der Waals surface area contributed by atoms with Gasteiger partial charge in [-0.2, -0.15) is 25.3 Å². The number of carboxylic acids is 1. The highest BCUT2D eigenvalue weighted by Crippen LogP contribution is 2.09. The second kappa shape index (κ2) is 12.0. The quantitative estimate of drug-likeness (QED) is 0.210. The van der Waals surface area contributed by atoms with E-state index in [1.165, 1.54) is 0 Å². The fourth-order valence-corrected chi connectivity index (χ4v) is 2.21. The van der Waals surface area contributed by atoms with Crippen molar-refractivity contribution >= 4 is 48.9 Å². The van der Waals surface area contributed by atoms with Gasteiger partial charge in [-0.15, -0.1) is 0 Å². The van der Waals surface area contributed by atoms with Crippen molar-refractivity contribution in [1.29, 1.82) is 0 Å². The average molecular weight is 395 g/mol. The molecule has 0 saturated carbocycles. The minimum atomic E-state index is -1.21. The highest BCUT2D eigenvalue weighted by Gasteiger charge is 2.30. The van der Waals surface area contributed by atoms with E-state index in [9.17, 15) is 19.2 Å². The van der Waals surface area contributed by atoms with E-state index in [0.717, 1.165) is 0 Å². The first-order valence-electron chi connectivity index (χ1n) is 7.75. The number of nitrogens with two attached hydrogens (primary N) is 1. The van der Waals surface area contributed by atoms with E-state index < -0.39 is 48.4 Å². The van der Waals surface area contributed by atoms with Crippen LogP contribution in [-0.2, 0) is 19.2 Å². The Morgan fingerprint density at radius 2 is 1.64 bits per heavy atom. The van der Waals surface area contributed by atoms with E-state index in [-0.39, 0.29) is 17.4 Å². The lowest BCUT2D eigenvalue weighted by atomic mass is 9.97. The Morgan fingerprint density at radius 1 is 1.04 bits per heavy atom. The zero-order valence-corrected chi connectivity index (χ0v) is 16.0. The van der Waals surface area contributed by atoms with Gasteiger partial charge < -0.3 is 26.8 Å². The fraction of sp³-hybridized carbons (Fsp3) is 0.714. The standard InChI is InChI=1S/C14H26N4O5S2/c1-3-7(2)11(18-12(21)8(15)5-24)14(23)17-9(6-25)13(22)16-4-10(19)20/h7-9,11,24-25H,3-6,15H2,1-2H3,(H,16,22)(H,17,23)(H,18,21)(H,19,20). The van der Waals surface area contributed by atoms with Gasteiger partial charge in [0.2, 0.25) is 17.7 Å². The number of carboxylic acid groups (broad SMARTS) is 1. The van der Waals surface area contributed by atoms with Crippen LogP contribution in [0.3, 0.4) is 0 Å². The van der Waals surface area contributed by atoms with Gasteiger partial charge in [-0.1, -0.05) is 20.3 Å². The lowest BCUT2D eigenvalue weighted by molar-refractivity contribution is -0.138. The summed E-state index contributed by atoms with van der Waals surface area (Å²) in [7, 11) is 0. The van der Waals surface area contributed by atoms with Gasteiger partial charge in [0.25, 0.3) is 0 Å². The number of thiol groups is 2. The van der Waals surface area contributed by atoms with E-state index in [1.807, 2.05) is 6.92 Å². The number of carbonyl (C=O) groups excluding carboxylic acids is 3. The maximum atomic E-state index is 12.5. The zero-order chi connectivity index (χ0) is 19.6. The molecule has 25 heavy (non-hydrogen) atoms. The molecule has 11 heteroatoms. The molecule has 4 atom stereocenters. The molecule has 4 unspecified atom stereocenters. The normalized spacial score (nSPS) is 15.4. The molecule has 0 spiro atoms. The molecule has 0 rings (SSSR count). The molecule has 6 N–H and O–H groups in total. The molecular weight excluding hydrogens is 368 g/mol. The second-order valence-electron chi connectivity index (χ2n) is 5.52. The number of aliphatic carboxylic acids is 1. The van der Waals surface area contributed by atoms with Crippen molar-refractivity contribution in [2.45, 2.75) is 38.4 Å². The Labute approximate surface area is 157 Å². The largest absolute Gasteiger partial charge is 0.480 e. The summed E-state index contributed by atoms with van der Waals surface area (Å²) in [4.78, 5) is 46.8. The van der Waals surface area contributed by atoms with Crippen LogP contribution in [-0.4, -0.2) is 65.0 Å². The molecule has 0 aromatic heterocycles. The highest BCUT2D eigenvalue weighted by atomic mass is 32.1. The van der Waals surface area contributed by atoms with Gasteiger partial charge in [-0.25, -0.2) is 0 Å².